The average molecular weight is 322 g/mol. The van der Waals surface area contributed by atoms with Gasteiger partial charge in [-0.25, -0.2) is 14.4 Å². The lowest BCUT2D eigenvalue weighted by molar-refractivity contribution is 0.107. The monoisotopic (exact) mass is 321 g/mol. The van der Waals surface area contributed by atoms with Gasteiger partial charge in [-0.05, 0) is 41.9 Å². The van der Waals surface area contributed by atoms with Gasteiger partial charge >= 0.3 is 0 Å². The van der Waals surface area contributed by atoms with E-state index in [0.717, 1.165) is 0 Å². The maximum absolute atomic E-state index is 13.1. The second-order valence-electron chi connectivity index (χ2n) is 4.34. The van der Waals surface area contributed by atoms with Crippen LogP contribution in [-0.2, 0) is 5.75 Å². The second-order valence-corrected chi connectivity index (χ2v) is 5.00. The molecule has 0 bridgehead atoms. The van der Waals surface area contributed by atoms with Gasteiger partial charge in [0, 0.05) is 17.3 Å². The zero-order valence-electron chi connectivity index (χ0n) is 10.6. The molecular formula is C14H9ClFN3OS. The van der Waals surface area contributed by atoms with Crippen LogP contribution < -0.4 is 0 Å². The number of carbonyl (C=O) groups is 1. The summed E-state index contributed by atoms with van der Waals surface area (Å²) in [6.07, 6.45) is 1.61. The Bertz CT molecular complexity index is 832. The third kappa shape index (κ3) is 2.52. The van der Waals surface area contributed by atoms with Crippen molar-refractivity contribution in [1.82, 2.24) is 14.5 Å². The zero-order valence-corrected chi connectivity index (χ0v) is 12.3. The first-order valence-electron chi connectivity index (χ1n) is 6.04. The molecule has 1 aromatic carbocycles. The summed E-state index contributed by atoms with van der Waals surface area (Å²) >= 11 is 9.78. The van der Waals surface area contributed by atoms with E-state index in [1.807, 2.05) is 0 Å². The van der Waals surface area contributed by atoms with Gasteiger partial charge in [0.1, 0.15) is 23.0 Å². The molecule has 7 heteroatoms. The highest BCUT2D eigenvalue weighted by Crippen LogP contribution is 2.24. The van der Waals surface area contributed by atoms with E-state index in [4.69, 9.17) is 11.6 Å². The summed E-state index contributed by atoms with van der Waals surface area (Å²) in [6.45, 7) is 0. The van der Waals surface area contributed by atoms with Gasteiger partial charge in [-0.2, -0.15) is 12.6 Å². The standard InChI is InChI=1S/C14H9ClFN3OS/c15-13(20)11-5-8-6-17-12(7-21)18-14(8)19(11)10-3-1-9(16)2-4-10/h1-6,21H,7H2. The molecule has 0 aliphatic heterocycles. The molecule has 0 saturated heterocycles. The first-order chi connectivity index (χ1) is 10.1. The summed E-state index contributed by atoms with van der Waals surface area (Å²) in [6, 6.07) is 7.34. The van der Waals surface area contributed by atoms with Crippen molar-refractivity contribution in [2.45, 2.75) is 5.75 Å². The summed E-state index contributed by atoms with van der Waals surface area (Å²) in [5.41, 5.74) is 1.38. The molecular weight excluding hydrogens is 313 g/mol. The van der Waals surface area contributed by atoms with E-state index < -0.39 is 5.24 Å². The molecule has 3 rings (SSSR count). The number of fused-ring (bicyclic) bond motifs is 1. The number of halogens is 2. The van der Waals surface area contributed by atoms with Crippen molar-refractivity contribution in [2.75, 3.05) is 0 Å². The zero-order chi connectivity index (χ0) is 15.0. The number of nitrogens with zero attached hydrogens (tertiary/aromatic N) is 3. The molecule has 0 amide bonds. The van der Waals surface area contributed by atoms with E-state index in [2.05, 4.69) is 22.6 Å². The number of hydrogen-bond donors (Lipinski definition) is 1. The fourth-order valence-electron chi connectivity index (χ4n) is 2.10. The topological polar surface area (TPSA) is 47.8 Å². The second kappa shape index (κ2) is 5.46. The summed E-state index contributed by atoms with van der Waals surface area (Å²) in [5, 5.41) is 0.0543. The lowest BCUT2D eigenvalue weighted by Crippen LogP contribution is -2.04. The largest absolute Gasteiger partial charge is 0.290 e. The van der Waals surface area contributed by atoms with Crippen LogP contribution in [0.1, 0.15) is 16.3 Å². The van der Waals surface area contributed by atoms with Crippen LogP contribution in [0, 0.1) is 5.82 Å². The first kappa shape index (κ1) is 14.0. The summed E-state index contributed by atoms with van der Waals surface area (Å²) in [7, 11) is 0. The van der Waals surface area contributed by atoms with Crippen molar-refractivity contribution in [2.24, 2.45) is 0 Å². The number of aromatic nitrogens is 3. The number of carbonyl (C=O) groups excluding carboxylic acids is 1. The quantitative estimate of drug-likeness (QED) is 0.594. The molecule has 0 radical (unpaired) electrons. The maximum atomic E-state index is 13.1. The maximum Gasteiger partial charge on any atom is 0.269 e. The van der Waals surface area contributed by atoms with Gasteiger partial charge in [0.05, 0.1) is 5.75 Å². The van der Waals surface area contributed by atoms with Gasteiger partial charge in [-0.3, -0.25) is 9.36 Å². The number of rotatable bonds is 3. The van der Waals surface area contributed by atoms with Crippen LogP contribution in [0.3, 0.4) is 0 Å². The molecule has 0 saturated carbocycles. The summed E-state index contributed by atoms with van der Waals surface area (Å²) < 4.78 is 14.7. The van der Waals surface area contributed by atoms with Gasteiger partial charge in [-0.1, -0.05) is 0 Å². The molecule has 0 aliphatic rings. The van der Waals surface area contributed by atoms with E-state index in [1.165, 1.54) is 12.1 Å². The fourth-order valence-corrected chi connectivity index (χ4v) is 2.39. The minimum Gasteiger partial charge on any atom is -0.290 e. The van der Waals surface area contributed by atoms with Crippen LogP contribution in [0.25, 0.3) is 16.7 Å². The predicted octanol–water partition coefficient (Wildman–Crippen LogP) is 3.37. The SMILES string of the molecule is O=C(Cl)c1cc2cnc(CS)nc2n1-c1ccc(F)cc1. The van der Waals surface area contributed by atoms with Gasteiger partial charge < -0.3 is 0 Å². The highest BCUT2D eigenvalue weighted by Gasteiger charge is 2.17. The Morgan fingerprint density at radius 2 is 2.05 bits per heavy atom. The van der Waals surface area contributed by atoms with Crippen molar-refractivity contribution in [1.29, 1.82) is 0 Å². The molecule has 0 fully saturated rings. The average Bonchev–Trinajstić information content (AvgIpc) is 2.86. The minimum absolute atomic E-state index is 0.254. The van der Waals surface area contributed by atoms with Gasteiger partial charge in [0.25, 0.3) is 5.24 Å². The fraction of sp³-hybridized carbons (Fsp3) is 0.0714. The Labute approximate surface area is 130 Å². The molecule has 0 spiro atoms. The Hall–Kier alpha value is -1.92. The summed E-state index contributed by atoms with van der Waals surface area (Å²) in [5.74, 6) is 0.537. The number of benzene rings is 1. The molecule has 4 nitrogen and oxygen atoms in total. The molecule has 2 heterocycles. The van der Waals surface area contributed by atoms with Crippen LogP contribution in [-0.4, -0.2) is 19.8 Å². The van der Waals surface area contributed by atoms with E-state index in [9.17, 15) is 9.18 Å². The highest BCUT2D eigenvalue weighted by atomic mass is 35.5. The van der Waals surface area contributed by atoms with Crippen molar-refractivity contribution >= 4 is 40.5 Å². The Morgan fingerprint density at radius 1 is 1.33 bits per heavy atom. The van der Waals surface area contributed by atoms with Crippen molar-refractivity contribution in [3.05, 3.63) is 53.9 Å². The van der Waals surface area contributed by atoms with Crippen LogP contribution in [0.2, 0.25) is 0 Å². The highest BCUT2D eigenvalue weighted by molar-refractivity contribution is 7.79. The minimum atomic E-state index is -0.621. The normalized spacial score (nSPS) is 11.0. The molecule has 2 aromatic heterocycles. The van der Waals surface area contributed by atoms with Crippen LogP contribution in [0.5, 0.6) is 0 Å². The van der Waals surface area contributed by atoms with Crippen LogP contribution in [0.4, 0.5) is 4.39 Å². The Kier molecular flexibility index (Phi) is 3.65. The van der Waals surface area contributed by atoms with E-state index in [-0.39, 0.29) is 11.5 Å². The predicted molar refractivity (Wildman–Crippen MR) is 81.7 cm³/mol. The Morgan fingerprint density at radius 3 is 2.67 bits per heavy atom. The van der Waals surface area contributed by atoms with Crippen molar-refractivity contribution < 1.29 is 9.18 Å². The molecule has 0 aliphatic carbocycles. The van der Waals surface area contributed by atoms with Gasteiger partial charge in [-0.15, -0.1) is 0 Å². The molecule has 0 N–H and O–H groups in total. The third-order valence-corrected chi connectivity index (χ3v) is 3.49. The molecule has 0 atom stereocenters. The third-order valence-electron chi connectivity index (χ3n) is 3.02. The van der Waals surface area contributed by atoms with Crippen LogP contribution in [0.15, 0.2) is 36.5 Å². The summed E-state index contributed by atoms with van der Waals surface area (Å²) in [4.78, 5) is 20.1. The van der Waals surface area contributed by atoms with Crippen LogP contribution >= 0.6 is 24.2 Å². The molecule has 21 heavy (non-hydrogen) atoms. The first-order valence-corrected chi connectivity index (χ1v) is 7.05. The van der Waals surface area contributed by atoms with Crippen molar-refractivity contribution in [3.63, 3.8) is 0 Å². The Balaban J connectivity index is 2.33. The van der Waals surface area contributed by atoms with E-state index >= 15 is 0 Å². The lowest BCUT2D eigenvalue weighted by atomic mass is 10.3. The van der Waals surface area contributed by atoms with E-state index in [0.29, 0.717) is 28.3 Å². The van der Waals surface area contributed by atoms with Gasteiger partial charge in [0.15, 0.2) is 0 Å². The smallest absolute Gasteiger partial charge is 0.269 e. The molecule has 106 valence electrons. The lowest BCUT2D eigenvalue weighted by Gasteiger charge is -2.08. The van der Waals surface area contributed by atoms with Gasteiger partial charge in [0.2, 0.25) is 0 Å². The number of thiol groups is 1. The van der Waals surface area contributed by atoms with Crippen molar-refractivity contribution in [3.8, 4) is 5.69 Å². The molecule has 3 aromatic rings. The number of hydrogen-bond acceptors (Lipinski definition) is 4. The van der Waals surface area contributed by atoms with E-state index in [1.54, 1.807) is 29.0 Å². The molecule has 0 unspecified atom stereocenters.